The Morgan fingerprint density at radius 2 is 1.95 bits per heavy atom. The van der Waals surface area contributed by atoms with Crippen molar-refractivity contribution >= 4 is 33.2 Å². The summed E-state index contributed by atoms with van der Waals surface area (Å²) >= 11 is 9.64. The molecule has 2 nitrogen and oxygen atoms in total. The van der Waals surface area contributed by atoms with Crippen molar-refractivity contribution in [1.29, 1.82) is 0 Å². The average molecular weight is 369 g/mol. The van der Waals surface area contributed by atoms with E-state index in [4.69, 9.17) is 16.3 Å². The van der Waals surface area contributed by atoms with Crippen molar-refractivity contribution in [1.82, 2.24) is 0 Å². The molecule has 0 unspecified atom stereocenters. The molecule has 0 aliphatic carbocycles. The van der Waals surface area contributed by atoms with Gasteiger partial charge in [0, 0.05) is 11.6 Å². The summed E-state index contributed by atoms with van der Waals surface area (Å²) in [5.41, 5.74) is 4.70. The number of halogens is 2. The Bertz CT molecular complexity index is 643. The highest BCUT2D eigenvalue weighted by molar-refractivity contribution is 9.10. The lowest BCUT2D eigenvalue weighted by molar-refractivity contribution is 0.339. The van der Waals surface area contributed by atoms with Crippen LogP contribution in [0.2, 0.25) is 5.02 Å². The van der Waals surface area contributed by atoms with E-state index in [0.717, 1.165) is 22.5 Å². The predicted octanol–water partition coefficient (Wildman–Crippen LogP) is 5.73. The standard InChI is InChI=1S/C17H19BrClNO/c1-4-21-17-15(18)8-14(19)9-16(17)20-10-13-7-11(2)5-6-12(13)3/h5-9,20H,4,10H2,1-3H3. The number of rotatable bonds is 5. The van der Waals surface area contributed by atoms with Gasteiger partial charge in [-0.25, -0.2) is 0 Å². The largest absolute Gasteiger partial charge is 0.491 e. The van der Waals surface area contributed by atoms with Crippen LogP contribution in [0.5, 0.6) is 5.75 Å². The van der Waals surface area contributed by atoms with Crippen LogP contribution < -0.4 is 10.1 Å². The van der Waals surface area contributed by atoms with Crippen molar-refractivity contribution in [2.24, 2.45) is 0 Å². The average Bonchev–Trinajstić information content (AvgIpc) is 2.43. The van der Waals surface area contributed by atoms with Crippen molar-refractivity contribution in [3.05, 3.63) is 56.5 Å². The first-order valence-electron chi connectivity index (χ1n) is 6.93. The molecule has 2 aromatic carbocycles. The van der Waals surface area contributed by atoms with E-state index in [1.165, 1.54) is 16.7 Å². The molecule has 1 N–H and O–H groups in total. The molecule has 21 heavy (non-hydrogen) atoms. The zero-order valence-corrected chi connectivity index (χ0v) is 14.8. The van der Waals surface area contributed by atoms with Crippen LogP contribution >= 0.6 is 27.5 Å². The number of anilines is 1. The molecule has 0 saturated carbocycles. The lowest BCUT2D eigenvalue weighted by Crippen LogP contribution is -2.05. The molecule has 0 bridgehead atoms. The second-order valence-electron chi connectivity index (χ2n) is 4.98. The van der Waals surface area contributed by atoms with E-state index in [0.29, 0.717) is 11.6 Å². The summed E-state index contributed by atoms with van der Waals surface area (Å²) in [6.45, 7) is 7.53. The van der Waals surface area contributed by atoms with E-state index in [2.05, 4.69) is 53.3 Å². The molecule has 0 radical (unpaired) electrons. The third-order valence-corrected chi connectivity index (χ3v) is 4.08. The molecule has 0 fully saturated rings. The van der Waals surface area contributed by atoms with Gasteiger partial charge < -0.3 is 10.1 Å². The number of nitrogens with one attached hydrogen (secondary N) is 1. The van der Waals surface area contributed by atoms with E-state index >= 15 is 0 Å². The van der Waals surface area contributed by atoms with E-state index in [9.17, 15) is 0 Å². The Balaban J connectivity index is 2.25. The summed E-state index contributed by atoms with van der Waals surface area (Å²) in [4.78, 5) is 0. The number of aryl methyl sites for hydroxylation is 2. The number of benzene rings is 2. The van der Waals surface area contributed by atoms with Crippen molar-refractivity contribution < 1.29 is 4.74 Å². The van der Waals surface area contributed by atoms with E-state index in [1.54, 1.807) is 0 Å². The molecule has 2 aromatic rings. The van der Waals surface area contributed by atoms with Crippen molar-refractivity contribution in [2.45, 2.75) is 27.3 Å². The fourth-order valence-corrected chi connectivity index (χ4v) is 3.09. The summed E-state index contributed by atoms with van der Waals surface area (Å²) in [6.07, 6.45) is 0. The zero-order valence-electron chi connectivity index (χ0n) is 12.5. The third-order valence-electron chi connectivity index (χ3n) is 3.27. The van der Waals surface area contributed by atoms with Gasteiger partial charge in [-0.15, -0.1) is 0 Å². The van der Waals surface area contributed by atoms with Gasteiger partial charge >= 0.3 is 0 Å². The number of hydrogen-bond acceptors (Lipinski definition) is 2. The Labute approximate surface area is 139 Å². The molecule has 0 amide bonds. The topological polar surface area (TPSA) is 21.3 Å². The van der Waals surface area contributed by atoms with Gasteiger partial charge in [-0.05, 0) is 60.0 Å². The Kier molecular flexibility index (Phi) is 5.54. The van der Waals surface area contributed by atoms with Gasteiger partial charge in [-0.3, -0.25) is 0 Å². The summed E-state index contributed by atoms with van der Waals surface area (Å²) in [7, 11) is 0. The Hall–Kier alpha value is -1.19. The molecule has 0 atom stereocenters. The minimum Gasteiger partial charge on any atom is -0.491 e. The van der Waals surface area contributed by atoms with Gasteiger partial charge in [-0.2, -0.15) is 0 Å². The normalized spacial score (nSPS) is 10.5. The smallest absolute Gasteiger partial charge is 0.156 e. The highest BCUT2D eigenvalue weighted by Crippen LogP contribution is 2.37. The van der Waals surface area contributed by atoms with Gasteiger partial charge in [0.1, 0.15) is 0 Å². The van der Waals surface area contributed by atoms with E-state index in [1.807, 2.05) is 19.1 Å². The van der Waals surface area contributed by atoms with Crippen LogP contribution in [0.25, 0.3) is 0 Å². The summed E-state index contributed by atoms with van der Waals surface area (Å²) in [5.74, 6) is 0.798. The van der Waals surface area contributed by atoms with Gasteiger partial charge in [0.25, 0.3) is 0 Å². The highest BCUT2D eigenvalue weighted by atomic mass is 79.9. The molecular weight excluding hydrogens is 350 g/mol. The van der Waals surface area contributed by atoms with Crippen molar-refractivity contribution in [3.63, 3.8) is 0 Å². The van der Waals surface area contributed by atoms with Crippen LogP contribution in [0.4, 0.5) is 5.69 Å². The van der Waals surface area contributed by atoms with Gasteiger partial charge in [0.15, 0.2) is 5.75 Å². The lowest BCUT2D eigenvalue weighted by atomic mass is 10.1. The Morgan fingerprint density at radius 3 is 2.67 bits per heavy atom. The fourth-order valence-electron chi connectivity index (χ4n) is 2.16. The first-order chi connectivity index (χ1) is 10.0. The molecule has 4 heteroatoms. The molecular formula is C17H19BrClNO. The van der Waals surface area contributed by atoms with Crippen molar-refractivity contribution in [3.8, 4) is 5.75 Å². The SMILES string of the molecule is CCOc1c(Br)cc(Cl)cc1NCc1cc(C)ccc1C. The Morgan fingerprint density at radius 1 is 1.19 bits per heavy atom. The second kappa shape index (κ2) is 7.19. The quantitative estimate of drug-likeness (QED) is 0.727. The highest BCUT2D eigenvalue weighted by Gasteiger charge is 2.10. The molecule has 0 saturated heterocycles. The van der Waals surface area contributed by atoms with Gasteiger partial charge in [-0.1, -0.05) is 35.4 Å². The first-order valence-corrected chi connectivity index (χ1v) is 8.10. The van der Waals surface area contributed by atoms with Gasteiger partial charge in [0.05, 0.1) is 16.8 Å². The fraction of sp³-hybridized carbons (Fsp3) is 0.294. The molecule has 0 aliphatic rings. The summed E-state index contributed by atoms with van der Waals surface area (Å²) < 4.78 is 6.56. The van der Waals surface area contributed by atoms with Gasteiger partial charge in [0.2, 0.25) is 0 Å². The minimum atomic E-state index is 0.610. The summed E-state index contributed by atoms with van der Waals surface area (Å²) in [5, 5.41) is 4.10. The van der Waals surface area contributed by atoms with Crippen molar-refractivity contribution in [2.75, 3.05) is 11.9 Å². The van der Waals surface area contributed by atoms with Crippen LogP contribution in [-0.2, 0) is 6.54 Å². The molecule has 112 valence electrons. The maximum atomic E-state index is 6.13. The molecule has 0 heterocycles. The maximum Gasteiger partial charge on any atom is 0.156 e. The number of ether oxygens (including phenoxy) is 1. The second-order valence-corrected chi connectivity index (χ2v) is 6.27. The lowest BCUT2D eigenvalue weighted by Gasteiger charge is -2.16. The van der Waals surface area contributed by atoms with Crippen LogP contribution in [0.15, 0.2) is 34.8 Å². The molecule has 0 aromatic heterocycles. The van der Waals surface area contributed by atoms with Crippen LogP contribution in [-0.4, -0.2) is 6.61 Å². The van der Waals surface area contributed by atoms with E-state index in [-0.39, 0.29) is 0 Å². The van der Waals surface area contributed by atoms with Crippen LogP contribution in [0.1, 0.15) is 23.6 Å². The third kappa shape index (κ3) is 4.14. The minimum absolute atomic E-state index is 0.610. The predicted molar refractivity (Wildman–Crippen MR) is 93.6 cm³/mol. The van der Waals surface area contributed by atoms with Crippen LogP contribution in [0.3, 0.4) is 0 Å². The van der Waals surface area contributed by atoms with E-state index < -0.39 is 0 Å². The summed E-state index contributed by atoms with van der Waals surface area (Å²) in [6, 6.07) is 10.2. The maximum absolute atomic E-state index is 6.13. The molecule has 0 aliphatic heterocycles. The molecule has 2 rings (SSSR count). The number of hydrogen-bond donors (Lipinski definition) is 1. The molecule has 0 spiro atoms. The monoisotopic (exact) mass is 367 g/mol. The zero-order chi connectivity index (χ0) is 15.4. The first kappa shape index (κ1) is 16.2. The van der Waals surface area contributed by atoms with Crippen LogP contribution in [0, 0.1) is 13.8 Å².